The van der Waals surface area contributed by atoms with Gasteiger partial charge in [0.1, 0.15) is 5.75 Å². The first-order valence-electron chi connectivity index (χ1n) is 8.61. The Balaban J connectivity index is 1.65. The first-order chi connectivity index (χ1) is 11.1. The SMILES string of the molecule is C[C@H]1CC23CCN(C2)C(C3)[C@H](c2ccnc3ccc(O)cc23)O1. The van der Waals surface area contributed by atoms with Crippen LogP contribution in [0.25, 0.3) is 10.9 Å². The number of fused-ring (bicyclic) bond motifs is 4. The lowest BCUT2D eigenvalue weighted by Gasteiger charge is -2.33. The largest absolute Gasteiger partial charge is 0.508 e. The minimum absolute atomic E-state index is 0.0713. The van der Waals surface area contributed by atoms with Crippen molar-refractivity contribution >= 4 is 10.9 Å². The van der Waals surface area contributed by atoms with E-state index in [4.69, 9.17) is 4.74 Å². The number of phenolic OH excluding ortho intramolecular Hbond substituents is 1. The zero-order valence-electron chi connectivity index (χ0n) is 13.4. The lowest BCUT2D eigenvalue weighted by atomic mass is 9.77. The fraction of sp³-hybridized carbons (Fsp3) is 0.526. The summed E-state index contributed by atoms with van der Waals surface area (Å²) in [6.07, 6.45) is 5.95. The quantitative estimate of drug-likeness (QED) is 0.878. The summed E-state index contributed by atoms with van der Waals surface area (Å²) >= 11 is 0. The molecule has 4 heteroatoms. The maximum absolute atomic E-state index is 9.92. The average Bonchev–Trinajstić information content (AvgIpc) is 3.06. The van der Waals surface area contributed by atoms with E-state index >= 15 is 0 Å². The normalized spacial score (nSPS) is 38.8. The number of nitrogens with zero attached hydrogens (tertiary/aromatic N) is 2. The van der Waals surface area contributed by atoms with Gasteiger partial charge >= 0.3 is 0 Å². The van der Waals surface area contributed by atoms with Crippen LogP contribution in [0.5, 0.6) is 5.75 Å². The van der Waals surface area contributed by atoms with Crippen LogP contribution in [-0.4, -0.2) is 40.2 Å². The van der Waals surface area contributed by atoms with Gasteiger partial charge in [-0.25, -0.2) is 0 Å². The molecular weight excluding hydrogens is 288 g/mol. The molecule has 3 aliphatic rings. The number of piperidine rings is 1. The van der Waals surface area contributed by atoms with Gasteiger partial charge in [-0.05, 0) is 68.0 Å². The molecule has 3 fully saturated rings. The van der Waals surface area contributed by atoms with Crippen molar-refractivity contribution in [2.24, 2.45) is 5.41 Å². The Morgan fingerprint density at radius 1 is 1.30 bits per heavy atom. The minimum Gasteiger partial charge on any atom is -0.508 e. The zero-order valence-corrected chi connectivity index (χ0v) is 13.4. The van der Waals surface area contributed by atoms with E-state index in [0.29, 0.717) is 11.5 Å². The van der Waals surface area contributed by atoms with Gasteiger partial charge in [0.15, 0.2) is 0 Å². The molecule has 0 amide bonds. The summed E-state index contributed by atoms with van der Waals surface area (Å²) in [6.45, 7) is 4.65. The highest BCUT2D eigenvalue weighted by molar-refractivity contribution is 5.83. The van der Waals surface area contributed by atoms with Crippen LogP contribution in [0.1, 0.15) is 37.9 Å². The van der Waals surface area contributed by atoms with Gasteiger partial charge in [-0.2, -0.15) is 0 Å². The number of aromatic nitrogens is 1. The van der Waals surface area contributed by atoms with E-state index in [1.807, 2.05) is 18.3 Å². The maximum Gasteiger partial charge on any atom is 0.116 e. The molecule has 3 saturated heterocycles. The van der Waals surface area contributed by atoms with Crippen molar-refractivity contribution in [3.63, 3.8) is 0 Å². The Labute approximate surface area is 136 Å². The molecule has 0 aliphatic carbocycles. The standard InChI is InChI=1S/C19H22N2O2/c1-12-9-19-5-7-21(11-19)17(10-19)18(23-12)14-4-6-20-16-3-2-13(22)8-15(14)16/h2-4,6,8,12,17-18,22H,5,7,9-11H2,1H3/t12-,17?,18-,19?/m0/s1. The number of hydrogen-bond acceptors (Lipinski definition) is 4. The molecule has 5 rings (SSSR count). The molecule has 0 radical (unpaired) electrons. The molecule has 0 saturated carbocycles. The second-order valence-corrected chi connectivity index (χ2v) is 7.67. The second kappa shape index (κ2) is 4.68. The number of benzene rings is 1. The number of rotatable bonds is 1. The molecule has 23 heavy (non-hydrogen) atoms. The smallest absolute Gasteiger partial charge is 0.116 e. The minimum atomic E-state index is 0.0713. The van der Waals surface area contributed by atoms with Gasteiger partial charge in [0, 0.05) is 24.2 Å². The van der Waals surface area contributed by atoms with Gasteiger partial charge in [0.25, 0.3) is 0 Å². The van der Waals surface area contributed by atoms with Gasteiger partial charge in [-0.15, -0.1) is 0 Å². The first kappa shape index (κ1) is 13.8. The Morgan fingerprint density at radius 3 is 3.13 bits per heavy atom. The third kappa shape index (κ3) is 2.01. The molecule has 1 aromatic heterocycles. The maximum atomic E-state index is 9.92. The van der Waals surface area contributed by atoms with Crippen LogP contribution in [0.15, 0.2) is 30.5 Å². The lowest BCUT2D eigenvalue weighted by Crippen LogP contribution is -2.36. The average molecular weight is 310 g/mol. The van der Waals surface area contributed by atoms with Crippen LogP contribution in [0, 0.1) is 5.41 Å². The van der Waals surface area contributed by atoms with Crippen molar-refractivity contribution in [1.82, 2.24) is 9.88 Å². The molecule has 4 heterocycles. The van der Waals surface area contributed by atoms with Gasteiger partial charge < -0.3 is 9.84 Å². The third-order valence-electron chi connectivity index (χ3n) is 6.09. The van der Waals surface area contributed by atoms with E-state index < -0.39 is 0 Å². The van der Waals surface area contributed by atoms with Crippen molar-refractivity contribution in [3.8, 4) is 5.75 Å². The number of aromatic hydroxyl groups is 1. The van der Waals surface area contributed by atoms with Crippen molar-refractivity contribution in [1.29, 1.82) is 0 Å². The number of ether oxygens (including phenoxy) is 1. The summed E-state index contributed by atoms with van der Waals surface area (Å²) < 4.78 is 6.50. The summed E-state index contributed by atoms with van der Waals surface area (Å²) in [6, 6.07) is 7.95. The molecule has 2 aromatic rings. The fourth-order valence-corrected chi connectivity index (χ4v) is 5.22. The van der Waals surface area contributed by atoms with Crippen LogP contribution < -0.4 is 0 Å². The van der Waals surface area contributed by atoms with Crippen molar-refractivity contribution < 1.29 is 9.84 Å². The van der Waals surface area contributed by atoms with Crippen molar-refractivity contribution in [3.05, 3.63) is 36.0 Å². The Hall–Kier alpha value is -1.65. The van der Waals surface area contributed by atoms with Crippen LogP contribution in [0.4, 0.5) is 0 Å². The van der Waals surface area contributed by atoms with Gasteiger partial charge in [0.2, 0.25) is 0 Å². The molecule has 3 unspecified atom stereocenters. The summed E-state index contributed by atoms with van der Waals surface area (Å²) in [5.74, 6) is 0.290. The highest BCUT2D eigenvalue weighted by Crippen LogP contribution is 2.54. The van der Waals surface area contributed by atoms with Gasteiger partial charge in [-0.3, -0.25) is 9.88 Å². The molecule has 120 valence electrons. The van der Waals surface area contributed by atoms with E-state index in [2.05, 4.69) is 22.9 Å². The molecule has 1 N–H and O–H groups in total. The van der Waals surface area contributed by atoms with E-state index in [0.717, 1.165) is 10.9 Å². The van der Waals surface area contributed by atoms with E-state index in [1.54, 1.807) is 6.07 Å². The Bertz CT molecular complexity index is 777. The van der Waals surface area contributed by atoms with Crippen molar-refractivity contribution in [2.45, 2.75) is 44.4 Å². The topological polar surface area (TPSA) is 45.6 Å². The van der Waals surface area contributed by atoms with E-state index in [-0.39, 0.29) is 18.0 Å². The number of phenols is 1. The molecule has 3 aliphatic heterocycles. The molecule has 3 bridgehead atoms. The number of pyridine rings is 1. The monoisotopic (exact) mass is 310 g/mol. The van der Waals surface area contributed by atoms with Gasteiger partial charge in [-0.1, -0.05) is 0 Å². The molecule has 1 spiro atoms. The molecular formula is C19H22N2O2. The predicted molar refractivity (Wildman–Crippen MR) is 88.3 cm³/mol. The summed E-state index contributed by atoms with van der Waals surface area (Å²) in [4.78, 5) is 7.06. The van der Waals surface area contributed by atoms with Crippen LogP contribution in [-0.2, 0) is 4.74 Å². The predicted octanol–water partition coefficient (Wildman–Crippen LogP) is 3.25. The van der Waals surface area contributed by atoms with Crippen LogP contribution in [0.3, 0.4) is 0 Å². The summed E-state index contributed by atoms with van der Waals surface area (Å²) in [5, 5.41) is 10.9. The Morgan fingerprint density at radius 2 is 2.22 bits per heavy atom. The van der Waals surface area contributed by atoms with Gasteiger partial charge in [0.05, 0.1) is 17.7 Å². The fourth-order valence-electron chi connectivity index (χ4n) is 5.22. The van der Waals surface area contributed by atoms with E-state index in [1.165, 1.54) is 37.9 Å². The zero-order chi connectivity index (χ0) is 15.6. The third-order valence-corrected chi connectivity index (χ3v) is 6.09. The lowest BCUT2D eigenvalue weighted by molar-refractivity contribution is -0.0433. The van der Waals surface area contributed by atoms with Crippen LogP contribution in [0.2, 0.25) is 0 Å². The summed E-state index contributed by atoms with van der Waals surface area (Å²) in [7, 11) is 0. The second-order valence-electron chi connectivity index (χ2n) is 7.67. The van der Waals surface area contributed by atoms with E-state index in [9.17, 15) is 5.11 Å². The molecule has 1 aromatic carbocycles. The molecule has 5 atom stereocenters. The number of hydrogen-bond donors (Lipinski definition) is 1. The highest BCUT2D eigenvalue weighted by atomic mass is 16.5. The molecule has 4 nitrogen and oxygen atoms in total. The Kier molecular flexibility index (Phi) is 2.80. The first-order valence-corrected chi connectivity index (χ1v) is 8.61. The van der Waals surface area contributed by atoms with Crippen LogP contribution >= 0.6 is 0 Å². The van der Waals surface area contributed by atoms with Crippen molar-refractivity contribution in [2.75, 3.05) is 13.1 Å². The summed E-state index contributed by atoms with van der Waals surface area (Å²) in [5.41, 5.74) is 2.57. The highest BCUT2D eigenvalue weighted by Gasteiger charge is 2.54.